The zero-order valence-electron chi connectivity index (χ0n) is 15.9. The lowest BCUT2D eigenvalue weighted by atomic mass is 9.92. The number of halogens is 2. The third-order valence-corrected chi connectivity index (χ3v) is 4.68. The Morgan fingerprint density at radius 3 is 2.46 bits per heavy atom. The first-order valence-corrected chi connectivity index (χ1v) is 9.12. The molecule has 2 rings (SSSR count). The number of benzene rings is 1. The second-order valence-corrected chi connectivity index (χ2v) is 8.28. The Labute approximate surface area is 167 Å². The number of piperidine rings is 1. The highest BCUT2D eigenvalue weighted by Crippen LogP contribution is 2.25. The van der Waals surface area contributed by atoms with Gasteiger partial charge in [-0.15, -0.1) is 12.4 Å². The summed E-state index contributed by atoms with van der Waals surface area (Å²) in [4.78, 5) is 26.7. The molecular formula is C19H29Cl2N3O2. The summed E-state index contributed by atoms with van der Waals surface area (Å²) in [5, 5.41) is 6.56. The van der Waals surface area contributed by atoms with Crippen LogP contribution in [0.2, 0.25) is 5.02 Å². The summed E-state index contributed by atoms with van der Waals surface area (Å²) < 4.78 is 0. The molecule has 0 unspecified atom stereocenters. The summed E-state index contributed by atoms with van der Waals surface area (Å²) in [5.74, 6) is -0.177. The standard InChI is InChI=1S/C19H28ClN3O2.ClH/c1-19(2,3)12-17(24)22-13-5-6-16(20)15(11-13)18(25)23(4)14-7-9-21-10-8-14;/h5-6,11,14,21H,7-10,12H2,1-4H3,(H,22,24);1H. The van der Waals surface area contributed by atoms with Crippen LogP contribution in [0, 0.1) is 5.41 Å². The molecule has 0 spiro atoms. The van der Waals surface area contributed by atoms with E-state index in [1.807, 2.05) is 27.8 Å². The Morgan fingerprint density at radius 2 is 1.88 bits per heavy atom. The van der Waals surface area contributed by atoms with Gasteiger partial charge >= 0.3 is 0 Å². The van der Waals surface area contributed by atoms with Gasteiger partial charge in [0.1, 0.15) is 0 Å². The van der Waals surface area contributed by atoms with Crippen LogP contribution in [0.25, 0.3) is 0 Å². The van der Waals surface area contributed by atoms with Gasteiger partial charge in [0.05, 0.1) is 10.6 Å². The molecule has 5 nitrogen and oxygen atoms in total. The fourth-order valence-electron chi connectivity index (χ4n) is 3.00. The van der Waals surface area contributed by atoms with Crippen molar-refractivity contribution in [3.05, 3.63) is 28.8 Å². The van der Waals surface area contributed by atoms with Crippen molar-refractivity contribution >= 4 is 41.5 Å². The predicted molar refractivity (Wildman–Crippen MR) is 109 cm³/mol. The molecule has 0 saturated carbocycles. The Morgan fingerprint density at radius 1 is 1.27 bits per heavy atom. The molecule has 1 aromatic rings. The topological polar surface area (TPSA) is 61.4 Å². The van der Waals surface area contributed by atoms with Crippen molar-refractivity contribution in [2.75, 3.05) is 25.5 Å². The molecule has 2 amide bonds. The van der Waals surface area contributed by atoms with Gasteiger partial charge < -0.3 is 15.5 Å². The minimum Gasteiger partial charge on any atom is -0.339 e. The van der Waals surface area contributed by atoms with Crippen LogP contribution in [0.1, 0.15) is 50.4 Å². The van der Waals surface area contributed by atoms with E-state index in [1.165, 1.54) is 0 Å². The maximum Gasteiger partial charge on any atom is 0.255 e. The van der Waals surface area contributed by atoms with Gasteiger partial charge in [-0.3, -0.25) is 9.59 Å². The van der Waals surface area contributed by atoms with Crippen molar-refractivity contribution in [2.45, 2.75) is 46.1 Å². The van der Waals surface area contributed by atoms with Crippen LogP contribution in [0.15, 0.2) is 18.2 Å². The normalized spacial score (nSPS) is 15.1. The molecule has 1 aromatic carbocycles. The molecule has 0 atom stereocenters. The largest absolute Gasteiger partial charge is 0.339 e. The second kappa shape index (κ2) is 9.58. The van der Waals surface area contributed by atoms with E-state index in [0.717, 1.165) is 25.9 Å². The van der Waals surface area contributed by atoms with Gasteiger partial charge in [-0.1, -0.05) is 32.4 Å². The lowest BCUT2D eigenvalue weighted by molar-refractivity contribution is -0.117. The maximum atomic E-state index is 12.8. The van der Waals surface area contributed by atoms with E-state index >= 15 is 0 Å². The molecule has 2 N–H and O–H groups in total. The molecule has 7 heteroatoms. The number of nitrogens with one attached hydrogen (secondary N) is 2. The number of amides is 2. The van der Waals surface area contributed by atoms with Gasteiger partial charge in [0.25, 0.3) is 5.91 Å². The quantitative estimate of drug-likeness (QED) is 0.802. The number of carbonyl (C=O) groups is 2. The highest BCUT2D eigenvalue weighted by molar-refractivity contribution is 6.34. The van der Waals surface area contributed by atoms with Crippen LogP contribution in [0.3, 0.4) is 0 Å². The Kier molecular flexibility index (Phi) is 8.38. The molecule has 146 valence electrons. The Bertz CT molecular complexity index is 638. The predicted octanol–water partition coefficient (Wildman–Crippen LogP) is 3.96. The summed E-state index contributed by atoms with van der Waals surface area (Å²) in [5.41, 5.74) is 0.932. The van der Waals surface area contributed by atoms with E-state index < -0.39 is 0 Å². The summed E-state index contributed by atoms with van der Waals surface area (Å²) in [6.07, 6.45) is 2.28. The van der Waals surface area contributed by atoms with E-state index in [1.54, 1.807) is 23.1 Å². The van der Waals surface area contributed by atoms with Gasteiger partial charge in [-0.2, -0.15) is 0 Å². The van der Waals surface area contributed by atoms with Crippen molar-refractivity contribution in [1.82, 2.24) is 10.2 Å². The zero-order valence-corrected chi connectivity index (χ0v) is 17.5. The first kappa shape index (κ1) is 22.7. The van der Waals surface area contributed by atoms with Crippen LogP contribution < -0.4 is 10.6 Å². The van der Waals surface area contributed by atoms with Gasteiger partial charge in [0, 0.05) is 25.2 Å². The zero-order chi connectivity index (χ0) is 18.6. The Hall–Kier alpha value is -1.30. The lowest BCUT2D eigenvalue weighted by Crippen LogP contribution is -2.44. The molecule has 1 aliphatic heterocycles. The number of hydrogen-bond acceptors (Lipinski definition) is 3. The fraction of sp³-hybridized carbons (Fsp3) is 0.579. The van der Waals surface area contributed by atoms with E-state index in [4.69, 9.17) is 11.6 Å². The van der Waals surface area contributed by atoms with E-state index in [9.17, 15) is 9.59 Å². The molecule has 0 radical (unpaired) electrons. The van der Waals surface area contributed by atoms with Crippen LogP contribution in [0.5, 0.6) is 0 Å². The maximum absolute atomic E-state index is 12.8. The summed E-state index contributed by atoms with van der Waals surface area (Å²) in [6, 6.07) is 5.27. The van der Waals surface area contributed by atoms with Gasteiger partial charge in [-0.05, 0) is 49.5 Å². The summed E-state index contributed by atoms with van der Waals surface area (Å²) in [6.45, 7) is 7.87. The number of carbonyl (C=O) groups excluding carboxylic acids is 2. The number of anilines is 1. The first-order chi connectivity index (χ1) is 11.7. The molecular weight excluding hydrogens is 373 g/mol. The molecule has 1 saturated heterocycles. The average molecular weight is 402 g/mol. The molecule has 1 aliphatic rings. The molecule has 1 fully saturated rings. The lowest BCUT2D eigenvalue weighted by Gasteiger charge is -2.32. The van der Waals surface area contributed by atoms with Gasteiger partial charge in [0.2, 0.25) is 5.91 Å². The van der Waals surface area contributed by atoms with Crippen LogP contribution in [-0.4, -0.2) is 42.9 Å². The highest BCUT2D eigenvalue weighted by Gasteiger charge is 2.25. The van der Waals surface area contributed by atoms with Crippen LogP contribution in [0.4, 0.5) is 5.69 Å². The van der Waals surface area contributed by atoms with Gasteiger partial charge in [0.15, 0.2) is 0 Å². The van der Waals surface area contributed by atoms with E-state index in [0.29, 0.717) is 22.7 Å². The van der Waals surface area contributed by atoms with Crippen molar-refractivity contribution in [2.24, 2.45) is 5.41 Å². The third kappa shape index (κ3) is 6.45. The Balaban J connectivity index is 0.00000338. The van der Waals surface area contributed by atoms with Crippen molar-refractivity contribution in [3.63, 3.8) is 0 Å². The summed E-state index contributed by atoms with van der Waals surface area (Å²) in [7, 11) is 1.82. The van der Waals surface area contributed by atoms with Gasteiger partial charge in [-0.25, -0.2) is 0 Å². The van der Waals surface area contributed by atoms with Crippen molar-refractivity contribution in [3.8, 4) is 0 Å². The number of rotatable bonds is 4. The van der Waals surface area contributed by atoms with Crippen LogP contribution in [-0.2, 0) is 4.79 Å². The minimum atomic E-state index is -0.108. The summed E-state index contributed by atoms with van der Waals surface area (Å²) >= 11 is 6.24. The monoisotopic (exact) mass is 401 g/mol. The van der Waals surface area contributed by atoms with Crippen molar-refractivity contribution < 1.29 is 9.59 Å². The molecule has 0 aliphatic carbocycles. The van der Waals surface area contributed by atoms with E-state index in [-0.39, 0.29) is 35.7 Å². The molecule has 26 heavy (non-hydrogen) atoms. The SMILES string of the molecule is CN(C(=O)c1cc(NC(=O)CC(C)(C)C)ccc1Cl)C1CCNCC1.Cl. The minimum absolute atomic E-state index is 0. The first-order valence-electron chi connectivity index (χ1n) is 8.74. The fourth-order valence-corrected chi connectivity index (χ4v) is 3.20. The number of hydrogen-bond donors (Lipinski definition) is 2. The average Bonchev–Trinajstić information content (AvgIpc) is 2.54. The molecule has 1 heterocycles. The smallest absolute Gasteiger partial charge is 0.255 e. The highest BCUT2D eigenvalue weighted by atomic mass is 35.5. The van der Waals surface area contributed by atoms with E-state index in [2.05, 4.69) is 10.6 Å². The van der Waals surface area contributed by atoms with Crippen molar-refractivity contribution in [1.29, 1.82) is 0 Å². The second-order valence-electron chi connectivity index (χ2n) is 7.88. The number of nitrogens with zero attached hydrogens (tertiary/aromatic N) is 1. The van der Waals surface area contributed by atoms with Crippen LogP contribution >= 0.6 is 24.0 Å². The molecule has 0 aromatic heterocycles. The molecule has 0 bridgehead atoms. The third-order valence-electron chi connectivity index (χ3n) is 4.35.